The monoisotopic (exact) mass is 343 g/mol. The maximum absolute atomic E-state index is 12.3. The number of carbonyl (C=O) groups is 3. The number of hydrogen-bond acceptors (Lipinski definition) is 5. The van der Waals surface area contributed by atoms with Gasteiger partial charge >= 0.3 is 12.2 Å². The van der Waals surface area contributed by atoms with E-state index in [1.165, 1.54) is 9.80 Å². The number of primary amides is 1. The minimum absolute atomic E-state index is 0.0438. The van der Waals surface area contributed by atoms with Crippen LogP contribution in [0.1, 0.15) is 48.0 Å². The van der Waals surface area contributed by atoms with Gasteiger partial charge in [0.25, 0.3) is 0 Å². The summed E-state index contributed by atoms with van der Waals surface area (Å²) in [5.41, 5.74) is 3.96. The van der Waals surface area contributed by atoms with Gasteiger partial charge in [0.05, 0.1) is 6.04 Å². The van der Waals surface area contributed by atoms with E-state index in [9.17, 15) is 14.4 Å². The third-order valence-electron chi connectivity index (χ3n) is 3.18. The van der Waals surface area contributed by atoms with Crippen LogP contribution in [0, 0.1) is 0 Å². The van der Waals surface area contributed by atoms with Crippen LogP contribution in [0.15, 0.2) is 0 Å². The topological polar surface area (TPSA) is 102 Å². The van der Waals surface area contributed by atoms with Crippen molar-refractivity contribution in [1.82, 2.24) is 9.80 Å². The smallest absolute Gasteiger partial charge is 0.410 e. The molecule has 1 aliphatic rings. The van der Waals surface area contributed by atoms with E-state index in [0.717, 1.165) is 0 Å². The third kappa shape index (κ3) is 6.64. The van der Waals surface area contributed by atoms with E-state index in [2.05, 4.69) is 0 Å². The second kappa shape index (κ2) is 7.27. The lowest BCUT2D eigenvalue weighted by Gasteiger charge is -2.45. The number of amides is 3. The summed E-state index contributed by atoms with van der Waals surface area (Å²) in [7, 11) is 0. The van der Waals surface area contributed by atoms with Crippen LogP contribution < -0.4 is 5.73 Å². The Hall–Kier alpha value is -1.99. The van der Waals surface area contributed by atoms with Gasteiger partial charge in [0, 0.05) is 26.1 Å². The number of likely N-dealkylation sites (tertiary alicyclic amines) is 1. The maximum Gasteiger partial charge on any atom is 0.410 e. The highest BCUT2D eigenvalue weighted by atomic mass is 16.6. The van der Waals surface area contributed by atoms with Crippen LogP contribution >= 0.6 is 0 Å². The van der Waals surface area contributed by atoms with Crippen molar-refractivity contribution in [3.8, 4) is 0 Å². The van der Waals surface area contributed by atoms with E-state index in [-0.39, 0.29) is 19.0 Å². The van der Waals surface area contributed by atoms with E-state index in [4.69, 9.17) is 15.2 Å². The molecule has 0 spiro atoms. The molecule has 24 heavy (non-hydrogen) atoms. The first-order valence-corrected chi connectivity index (χ1v) is 8.04. The highest BCUT2D eigenvalue weighted by Crippen LogP contribution is 2.21. The summed E-state index contributed by atoms with van der Waals surface area (Å²) in [6, 6.07) is -0.216. The second-order valence-electron chi connectivity index (χ2n) is 7.93. The fourth-order valence-electron chi connectivity index (χ4n) is 2.10. The van der Waals surface area contributed by atoms with Crippen molar-refractivity contribution in [3.05, 3.63) is 0 Å². The van der Waals surface area contributed by atoms with Gasteiger partial charge in [0.2, 0.25) is 5.91 Å². The van der Waals surface area contributed by atoms with Crippen molar-refractivity contribution in [2.75, 3.05) is 19.6 Å². The Kier molecular flexibility index (Phi) is 6.08. The molecule has 0 saturated carbocycles. The molecule has 0 aromatic carbocycles. The molecule has 1 heterocycles. The molecule has 0 unspecified atom stereocenters. The molecule has 138 valence electrons. The Labute approximate surface area is 143 Å². The first-order chi connectivity index (χ1) is 10.8. The predicted molar refractivity (Wildman–Crippen MR) is 88.3 cm³/mol. The molecule has 1 fully saturated rings. The van der Waals surface area contributed by atoms with E-state index < -0.39 is 29.3 Å². The van der Waals surface area contributed by atoms with Crippen molar-refractivity contribution in [3.63, 3.8) is 0 Å². The number of carbonyl (C=O) groups excluding carboxylic acids is 3. The first-order valence-electron chi connectivity index (χ1n) is 8.04. The standard InChI is InChI=1S/C16H29N3O5/c1-15(2,3)23-13(21)18-9-11(10-18)19(8-7-12(17)20)14(22)24-16(4,5)6/h11H,7-10H2,1-6H3,(H2,17,20). The van der Waals surface area contributed by atoms with Crippen LogP contribution in [0.3, 0.4) is 0 Å². The zero-order valence-corrected chi connectivity index (χ0v) is 15.4. The number of ether oxygens (including phenoxy) is 2. The van der Waals surface area contributed by atoms with E-state index in [1.54, 1.807) is 41.5 Å². The Morgan fingerprint density at radius 1 is 1.04 bits per heavy atom. The van der Waals surface area contributed by atoms with Gasteiger partial charge in [0.1, 0.15) is 11.2 Å². The lowest BCUT2D eigenvalue weighted by molar-refractivity contribution is -0.118. The van der Waals surface area contributed by atoms with Gasteiger partial charge in [-0.05, 0) is 41.5 Å². The predicted octanol–water partition coefficient (Wildman–Crippen LogP) is 1.72. The van der Waals surface area contributed by atoms with Crippen LogP contribution in [-0.4, -0.2) is 64.8 Å². The minimum Gasteiger partial charge on any atom is -0.444 e. The van der Waals surface area contributed by atoms with Crippen LogP contribution in [0.25, 0.3) is 0 Å². The summed E-state index contributed by atoms with van der Waals surface area (Å²) in [5.74, 6) is -0.494. The fourth-order valence-corrected chi connectivity index (χ4v) is 2.10. The molecule has 1 aliphatic heterocycles. The van der Waals surface area contributed by atoms with Crippen LogP contribution in [0.2, 0.25) is 0 Å². The van der Waals surface area contributed by atoms with Crippen LogP contribution in [0.5, 0.6) is 0 Å². The van der Waals surface area contributed by atoms with Crippen LogP contribution in [0.4, 0.5) is 9.59 Å². The average Bonchev–Trinajstić information content (AvgIpc) is 2.25. The Morgan fingerprint density at radius 3 is 1.96 bits per heavy atom. The van der Waals surface area contributed by atoms with Gasteiger partial charge in [-0.15, -0.1) is 0 Å². The molecule has 2 N–H and O–H groups in total. The largest absolute Gasteiger partial charge is 0.444 e. The molecule has 0 aliphatic carbocycles. The van der Waals surface area contributed by atoms with Gasteiger partial charge in [0.15, 0.2) is 0 Å². The van der Waals surface area contributed by atoms with Gasteiger partial charge < -0.3 is 25.0 Å². The molecular weight excluding hydrogens is 314 g/mol. The molecule has 0 bridgehead atoms. The fraction of sp³-hybridized carbons (Fsp3) is 0.812. The molecule has 1 rings (SSSR count). The molecule has 8 heteroatoms. The van der Waals surface area contributed by atoms with Crippen LogP contribution in [-0.2, 0) is 14.3 Å². The number of hydrogen-bond donors (Lipinski definition) is 1. The Balaban J connectivity index is 2.65. The average molecular weight is 343 g/mol. The quantitative estimate of drug-likeness (QED) is 0.837. The van der Waals surface area contributed by atoms with Gasteiger partial charge in [-0.2, -0.15) is 0 Å². The number of nitrogens with zero attached hydrogens (tertiary/aromatic N) is 2. The third-order valence-corrected chi connectivity index (χ3v) is 3.18. The Morgan fingerprint density at radius 2 is 1.54 bits per heavy atom. The summed E-state index contributed by atoms with van der Waals surface area (Å²) < 4.78 is 10.7. The number of rotatable bonds is 4. The first kappa shape index (κ1) is 20.1. The lowest BCUT2D eigenvalue weighted by Crippen LogP contribution is -2.63. The number of nitrogens with two attached hydrogens (primary N) is 1. The molecular formula is C16H29N3O5. The van der Waals surface area contributed by atoms with Gasteiger partial charge in [-0.1, -0.05) is 0 Å². The summed E-state index contributed by atoms with van der Waals surface area (Å²) >= 11 is 0. The van der Waals surface area contributed by atoms with E-state index >= 15 is 0 Å². The van der Waals surface area contributed by atoms with E-state index in [1.807, 2.05) is 0 Å². The van der Waals surface area contributed by atoms with Gasteiger partial charge in [-0.3, -0.25) is 4.79 Å². The Bertz CT molecular complexity index is 487. The van der Waals surface area contributed by atoms with Gasteiger partial charge in [-0.25, -0.2) is 9.59 Å². The molecule has 0 atom stereocenters. The lowest BCUT2D eigenvalue weighted by atomic mass is 10.1. The summed E-state index contributed by atoms with van der Waals surface area (Å²) in [6.45, 7) is 11.5. The summed E-state index contributed by atoms with van der Waals surface area (Å²) in [5, 5.41) is 0. The molecule has 0 aromatic rings. The second-order valence-corrected chi connectivity index (χ2v) is 7.93. The molecule has 3 amide bonds. The van der Waals surface area contributed by atoms with Crippen molar-refractivity contribution in [2.45, 2.75) is 65.2 Å². The molecule has 1 saturated heterocycles. The van der Waals surface area contributed by atoms with E-state index in [0.29, 0.717) is 13.1 Å². The zero-order valence-electron chi connectivity index (χ0n) is 15.4. The maximum atomic E-state index is 12.3. The normalized spacial score (nSPS) is 15.5. The highest BCUT2D eigenvalue weighted by Gasteiger charge is 2.40. The zero-order chi connectivity index (χ0) is 18.7. The SMILES string of the molecule is CC(C)(C)OC(=O)N1CC(N(CCC(N)=O)C(=O)OC(C)(C)C)C1. The van der Waals surface area contributed by atoms with Crippen molar-refractivity contribution >= 4 is 18.1 Å². The molecule has 0 radical (unpaired) electrons. The highest BCUT2D eigenvalue weighted by molar-refractivity contribution is 5.76. The summed E-state index contributed by atoms with van der Waals surface area (Å²) in [6.07, 6.45) is -0.891. The molecule has 8 nitrogen and oxygen atoms in total. The minimum atomic E-state index is -0.642. The molecule has 0 aromatic heterocycles. The van der Waals surface area contributed by atoms with Crippen molar-refractivity contribution in [1.29, 1.82) is 0 Å². The van der Waals surface area contributed by atoms with Crippen molar-refractivity contribution < 1.29 is 23.9 Å². The summed E-state index contributed by atoms with van der Waals surface area (Å²) in [4.78, 5) is 38.3. The van der Waals surface area contributed by atoms with Crippen molar-refractivity contribution in [2.24, 2.45) is 5.73 Å².